The van der Waals surface area contributed by atoms with Gasteiger partial charge in [0.25, 0.3) is 0 Å². The molecular formula is C14H24N2O2S2. The Morgan fingerprint density at radius 3 is 2.85 bits per heavy atom. The Kier molecular flexibility index (Phi) is 5.20. The average Bonchev–Trinajstić information content (AvgIpc) is 2.97. The predicted molar refractivity (Wildman–Crippen MR) is 83.8 cm³/mol. The SMILES string of the molecule is CCCc1nc(CN(C)[C@@H]2CCC[C@@H]2S(C)(=O)=O)cs1. The first-order valence-electron chi connectivity index (χ1n) is 7.24. The van der Waals surface area contributed by atoms with E-state index in [1.54, 1.807) is 11.3 Å². The second-order valence-corrected chi connectivity index (χ2v) is 8.97. The quantitative estimate of drug-likeness (QED) is 0.809. The lowest BCUT2D eigenvalue weighted by Crippen LogP contribution is -2.40. The maximum absolute atomic E-state index is 11.8. The van der Waals surface area contributed by atoms with E-state index in [4.69, 9.17) is 0 Å². The van der Waals surface area contributed by atoms with Crippen molar-refractivity contribution in [3.8, 4) is 0 Å². The van der Waals surface area contributed by atoms with Crippen LogP contribution in [0.5, 0.6) is 0 Å². The van der Waals surface area contributed by atoms with Crippen molar-refractivity contribution < 1.29 is 8.42 Å². The van der Waals surface area contributed by atoms with Gasteiger partial charge in [0.2, 0.25) is 0 Å². The lowest BCUT2D eigenvalue weighted by molar-refractivity contribution is 0.236. The molecule has 0 aromatic carbocycles. The Bertz CT molecular complexity index is 539. The van der Waals surface area contributed by atoms with Crippen LogP contribution in [0.1, 0.15) is 43.3 Å². The Morgan fingerprint density at radius 2 is 2.20 bits per heavy atom. The third-order valence-corrected chi connectivity index (χ3v) is 6.62. The van der Waals surface area contributed by atoms with Gasteiger partial charge in [0.1, 0.15) is 0 Å². The maximum atomic E-state index is 11.8. The molecule has 2 rings (SSSR count). The summed E-state index contributed by atoms with van der Waals surface area (Å²) in [5.74, 6) is 0. The van der Waals surface area contributed by atoms with Gasteiger partial charge in [-0.15, -0.1) is 11.3 Å². The van der Waals surface area contributed by atoms with Crippen molar-refractivity contribution in [2.75, 3.05) is 13.3 Å². The Morgan fingerprint density at radius 1 is 1.45 bits per heavy atom. The highest BCUT2D eigenvalue weighted by Gasteiger charge is 2.37. The van der Waals surface area contributed by atoms with Crippen LogP contribution in [0, 0.1) is 0 Å². The fraction of sp³-hybridized carbons (Fsp3) is 0.786. The molecule has 0 amide bonds. The van der Waals surface area contributed by atoms with Crippen molar-refractivity contribution in [3.05, 3.63) is 16.1 Å². The van der Waals surface area contributed by atoms with E-state index in [0.29, 0.717) is 0 Å². The molecule has 0 unspecified atom stereocenters. The molecule has 1 heterocycles. The summed E-state index contributed by atoms with van der Waals surface area (Å²) >= 11 is 1.71. The van der Waals surface area contributed by atoms with Crippen molar-refractivity contribution in [3.63, 3.8) is 0 Å². The van der Waals surface area contributed by atoms with Gasteiger partial charge in [0, 0.05) is 24.2 Å². The average molecular weight is 316 g/mol. The van der Waals surface area contributed by atoms with E-state index < -0.39 is 9.84 Å². The van der Waals surface area contributed by atoms with Gasteiger partial charge >= 0.3 is 0 Å². The standard InChI is InChI=1S/C14H24N2O2S2/c1-4-6-14-15-11(10-19-14)9-16(2)12-7-5-8-13(12)20(3,17)18/h10,12-13H,4-9H2,1-3H3/t12-,13+/m1/s1. The van der Waals surface area contributed by atoms with E-state index >= 15 is 0 Å². The number of thiazole rings is 1. The monoisotopic (exact) mass is 316 g/mol. The van der Waals surface area contributed by atoms with Crippen molar-refractivity contribution >= 4 is 21.2 Å². The van der Waals surface area contributed by atoms with Crippen LogP contribution in [0.3, 0.4) is 0 Å². The van der Waals surface area contributed by atoms with Crippen LogP contribution in [-0.4, -0.2) is 42.9 Å². The van der Waals surface area contributed by atoms with E-state index in [-0.39, 0.29) is 11.3 Å². The molecular weight excluding hydrogens is 292 g/mol. The summed E-state index contributed by atoms with van der Waals surface area (Å²) in [6.45, 7) is 2.90. The molecule has 0 aliphatic heterocycles. The zero-order valence-corrected chi connectivity index (χ0v) is 14.1. The molecule has 6 heteroatoms. The minimum atomic E-state index is -2.95. The van der Waals surface area contributed by atoms with E-state index in [0.717, 1.165) is 44.3 Å². The van der Waals surface area contributed by atoms with Crippen LogP contribution in [-0.2, 0) is 22.8 Å². The summed E-state index contributed by atoms with van der Waals surface area (Å²) < 4.78 is 23.7. The molecule has 114 valence electrons. The lowest BCUT2D eigenvalue weighted by atomic mass is 10.2. The molecule has 1 saturated carbocycles. The number of aromatic nitrogens is 1. The van der Waals surface area contributed by atoms with Crippen molar-refractivity contribution in [1.82, 2.24) is 9.88 Å². The van der Waals surface area contributed by atoms with Crippen molar-refractivity contribution in [2.24, 2.45) is 0 Å². The van der Waals surface area contributed by atoms with Gasteiger partial charge in [0.05, 0.1) is 16.0 Å². The van der Waals surface area contributed by atoms with E-state index in [1.807, 2.05) is 7.05 Å². The van der Waals surface area contributed by atoms with Gasteiger partial charge < -0.3 is 0 Å². The van der Waals surface area contributed by atoms with E-state index in [2.05, 4.69) is 22.2 Å². The summed E-state index contributed by atoms with van der Waals surface area (Å²) in [7, 11) is -0.931. The molecule has 0 radical (unpaired) electrons. The highest BCUT2D eigenvalue weighted by molar-refractivity contribution is 7.91. The van der Waals surface area contributed by atoms with Gasteiger partial charge in [-0.1, -0.05) is 13.3 Å². The van der Waals surface area contributed by atoms with Crippen LogP contribution in [0.25, 0.3) is 0 Å². The van der Waals surface area contributed by atoms with E-state index in [1.165, 1.54) is 11.3 Å². The number of nitrogens with zero attached hydrogens (tertiary/aromatic N) is 2. The summed E-state index contributed by atoms with van der Waals surface area (Å²) in [5.41, 5.74) is 1.07. The summed E-state index contributed by atoms with van der Waals surface area (Å²) in [5, 5.41) is 3.08. The summed E-state index contributed by atoms with van der Waals surface area (Å²) in [4.78, 5) is 6.80. The van der Waals surface area contributed by atoms with Gasteiger partial charge in [-0.2, -0.15) is 0 Å². The second kappa shape index (κ2) is 6.54. The fourth-order valence-corrected chi connectivity index (χ4v) is 5.43. The van der Waals surface area contributed by atoms with Crippen LogP contribution < -0.4 is 0 Å². The third-order valence-electron chi connectivity index (χ3n) is 4.01. The van der Waals surface area contributed by atoms with Crippen LogP contribution in [0.2, 0.25) is 0 Å². The molecule has 1 aromatic rings. The molecule has 1 aliphatic carbocycles. The van der Waals surface area contributed by atoms with Gasteiger partial charge in [-0.3, -0.25) is 4.90 Å². The molecule has 1 fully saturated rings. The molecule has 1 aromatic heterocycles. The number of hydrogen-bond donors (Lipinski definition) is 0. The molecule has 20 heavy (non-hydrogen) atoms. The minimum absolute atomic E-state index is 0.140. The normalized spacial score (nSPS) is 23.6. The largest absolute Gasteiger partial charge is 0.296 e. The zero-order valence-electron chi connectivity index (χ0n) is 12.5. The number of sulfone groups is 1. The Balaban J connectivity index is 2.01. The number of hydrogen-bond acceptors (Lipinski definition) is 5. The first kappa shape index (κ1) is 15.9. The molecule has 0 saturated heterocycles. The second-order valence-electron chi connectivity index (χ2n) is 5.76. The molecule has 1 aliphatic rings. The van der Waals surface area contributed by atoms with Gasteiger partial charge in [-0.05, 0) is 32.7 Å². The van der Waals surface area contributed by atoms with Crippen LogP contribution >= 0.6 is 11.3 Å². The van der Waals surface area contributed by atoms with E-state index in [9.17, 15) is 8.42 Å². The molecule has 2 atom stereocenters. The van der Waals surface area contributed by atoms with Crippen molar-refractivity contribution in [1.29, 1.82) is 0 Å². The first-order chi connectivity index (χ1) is 9.41. The number of rotatable bonds is 6. The topological polar surface area (TPSA) is 50.3 Å². The predicted octanol–water partition coefficient (Wildman–Crippen LogP) is 2.49. The first-order valence-corrected chi connectivity index (χ1v) is 10.1. The number of aryl methyl sites for hydroxylation is 1. The summed E-state index contributed by atoms with van der Waals surface area (Å²) in [6.07, 6.45) is 6.29. The highest BCUT2D eigenvalue weighted by Crippen LogP contribution is 2.29. The Hall–Kier alpha value is -0.460. The fourth-order valence-electron chi connectivity index (χ4n) is 3.03. The van der Waals surface area contributed by atoms with Crippen LogP contribution in [0.4, 0.5) is 0 Å². The van der Waals surface area contributed by atoms with Crippen molar-refractivity contribution in [2.45, 2.75) is 56.9 Å². The molecule has 4 nitrogen and oxygen atoms in total. The highest BCUT2D eigenvalue weighted by atomic mass is 32.2. The minimum Gasteiger partial charge on any atom is -0.296 e. The Labute approximate surface area is 126 Å². The summed E-state index contributed by atoms with van der Waals surface area (Å²) in [6, 6.07) is 0.140. The van der Waals surface area contributed by atoms with Gasteiger partial charge in [0.15, 0.2) is 9.84 Å². The zero-order chi connectivity index (χ0) is 14.8. The molecule has 0 spiro atoms. The van der Waals surface area contributed by atoms with Gasteiger partial charge in [-0.25, -0.2) is 13.4 Å². The molecule has 0 N–H and O–H groups in total. The maximum Gasteiger partial charge on any atom is 0.151 e. The smallest absolute Gasteiger partial charge is 0.151 e. The molecule has 0 bridgehead atoms. The third kappa shape index (κ3) is 3.80. The van der Waals surface area contributed by atoms with Crippen LogP contribution in [0.15, 0.2) is 5.38 Å². The lowest BCUT2D eigenvalue weighted by Gasteiger charge is -2.28.